The van der Waals surface area contributed by atoms with Gasteiger partial charge in [0, 0.05) is 0 Å². The maximum atomic E-state index is 5.15. The fourth-order valence-corrected chi connectivity index (χ4v) is 0.910. The second-order valence-corrected chi connectivity index (χ2v) is 1.81. The second-order valence-electron chi connectivity index (χ2n) is 1.81. The summed E-state index contributed by atoms with van der Waals surface area (Å²) in [6, 6.07) is 0. The normalized spacial score (nSPS) is 34.0. The summed E-state index contributed by atoms with van der Waals surface area (Å²) in [6.07, 6.45) is 2.01. The fourth-order valence-electron chi connectivity index (χ4n) is 0.910. The standard InChI is InChI=1S/C5H7NO2/c1-2-7-5-4(1)8-3-6-5/h1,5-6H,2-3H2. The van der Waals surface area contributed by atoms with Crippen molar-refractivity contribution in [1.82, 2.24) is 5.32 Å². The van der Waals surface area contributed by atoms with Crippen molar-refractivity contribution in [3.05, 3.63) is 11.8 Å². The molecule has 1 unspecified atom stereocenters. The highest BCUT2D eigenvalue weighted by molar-refractivity contribution is 5.07. The molecule has 8 heavy (non-hydrogen) atoms. The molecular weight excluding hydrogens is 106 g/mol. The van der Waals surface area contributed by atoms with Crippen LogP contribution in [0.25, 0.3) is 0 Å². The van der Waals surface area contributed by atoms with Gasteiger partial charge in [0.2, 0.25) is 0 Å². The molecule has 0 aromatic rings. The Kier molecular flexibility index (Phi) is 0.797. The molecule has 0 bridgehead atoms. The molecule has 2 heterocycles. The van der Waals surface area contributed by atoms with Crippen LogP contribution >= 0.6 is 0 Å². The van der Waals surface area contributed by atoms with E-state index in [1.54, 1.807) is 0 Å². The van der Waals surface area contributed by atoms with Crippen molar-refractivity contribution in [2.45, 2.75) is 6.23 Å². The van der Waals surface area contributed by atoms with Gasteiger partial charge in [0.25, 0.3) is 0 Å². The predicted molar refractivity (Wildman–Crippen MR) is 26.9 cm³/mol. The zero-order valence-corrected chi connectivity index (χ0v) is 4.39. The van der Waals surface area contributed by atoms with Crippen LogP contribution in [-0.2, 0) is 9.47 Å². The lowest BCUT2D eigenvalue weighted by atomic mass is 10.5. The van der Waals surface area contributed by atoms with E-state index in [1.165, 1.54) is 0 Å². The minimum absolute atomic E-state index is 0.0648. The Hall–Kier alpha value is -0.540. The Labute approximate surface area is 47.3 Å². The molecule has 2 rings (SSSR count). The van der Waals surface area contributed by atoms with Crippen molar-refractivity contribution >= 4 is 0 Å². The monoisotopic (exact) mass is 113 g/mol. The van der Waals surface area contributed by atoms with Crippen molar-refractivity contribution in [1.29, 1.82) is 0 Å². The first-order valence-electron chi connectivity index (χ1n) is 2.65. The molecule has 0 aromatic carbocycles. The molecule has 0 amide bonds. The molecule has 2 aliphatic rings. The smallest absolute Gasteiger partial charge is 0.169 e. The molecule has 1 atom stereocenters. The molecule has 0 aliphatic carbocycles. The first-order valence-corrected chi connectivity index (χ1v) is 2.65. The largest absolute Gasteiger partial charge is 0.479 e. The van der Waals surface area contributed by atoms with Crippen LogP contribution in [-0.4, -0.2) is 19.6 Å². The molecule has 44 valence electrons. The average molecular weight is 113 g/mol. The van der Waals surface area contributed by atoms with Crippen LogP contribution in [0.4, 0.5) is 0 Å². The zero-order valence-electron chi connectivity index (χ0n) is 4.39. The highest BCUT2D eigenvalue weighted by atomic mass is 16.6. The summed E-state index contributed by atoms with van der Waals surface area (Å²) in [5, 5.41) is 3.01. The zero-order chi connectivity index (χ0) is 5.40. The van der Waals surface area contributed by atoms with Gasteiger partial charge in [-0.3, -0.25) is 5.32 Å². The number of hydrogen-bond donors (Lipinski definition) is 1. The topological polar surface area (TPSA) is 30.5 Å². The minimum atomic E-state index is 0.0648. The van der Waals surface area contributed by atoms with Gasteiger partial charge < -0.3 is 9.47 Å². The van der Waals surface area contributed by atoms with Crippen LogP contribution in [0.3, 0.4) is 0 Å². The third kappa shape index (κ3) is 0.454. The first-order chi connectivity index (χ1) is 3.97. The highest BCUT2D eigenvalue weighted by Gasteiger charge is 2.25. The molecule has 0 saturated carbocycles. The van der Waals surface area contributed by atoms with E-state index in [2.05, 4.69) is 5.32 Å². The molecule has 1 fully saturated rings. The number of nitrogens with one attached hydrogen (secondary N) is 1. The summed E-state index contributed by atoms with van der Waals surface area (Å²) in [7, 11) is 0. The summed E-state index contributed by atoms with van der Waals surface area (Å²) >= 11 is 0. The predicted octanol–water partition coefficient (Wildman–Crippen LogP) is -0.196. The van der Waals surface area contributed by atoms with E-state index in [0.29, 0.717) is 13.3 Å². The van der Waals surface area contributed by atoms with Crippen molar-refractivity contribution < 1.29 is 9.47 Å². The van der Waals surface area contributed by atoms with Crippen molar-refractivity contribution in [3.8, 4) is 0 Å². The quantitative estimate of drug-likeness (QED) is 0.472. The summed E-state index contributed by atoms with van der Waals surface area (Å²) in [5.74, 6) is 0.949. The Morgan fingerprint density at radius 1 is 1.75 bits per heavy atom. The Bertz CT molecular complexity index is 132. The van der Waals surface area contributed by atoms with Crippen LogP contribution in [0, 0.1) is 0 Å². The third-order valence-corrected chi connectivity index (χ3v) is 1.31. The number of rotatable bonds is 0. The SMILES string of the molecule is C1=C2OCNC2OC1. The van der Waals surface area contributed by atoms with E-state index in [9.17, 15) is 0 Å². The number of hydrogen-bond acceptors (Lipinski definition) is 3. The van der Waals surface area contributed by atoms with Gasteiger partial charge in [0.1, 0.15) is 12.5 Å². The summed E-state index contributed by atoms with van der Waals surface area (Å²) in [5.41, 5.74) is 0. The number of fused-ring (bicyclic) bond motifs is 1. The molecular formula is C5H7NO2. The summed E-state index contributed by atoms with van der Waals surface area (Å²) < 4.78 is 10.2. The Morgan fingerprint density at radius 3 is 3.62 bits per heavy atom. The van der Waals surface area contributed by atoms with Gasteiger partial charge in [0.15, 0.2) is 6.23 Å². The van der Waals surface area contributed by atoms with Gasteiger partial charge in [-0.05, 0) is 6.08 Å². The summed E-state index contributed by atoms with van der Waals surface area (Å²) in [6.45, 7) is 1.28. The lowest BCUT2D eigenvalue weighted by Crippen LogP contribution is -2.22. The third-order valence-electron chi connectivity index (χ3n) is 1.31. The molecule has 3 heteroatoms. The Balaban J connectivity index is 2.20. The van der Waals surface area contributed by atoms with E-state index in [4.69, 9.17) is 9.47 Å². The van der Waals surface area contributed by atoms with Crippen molar-refractivity contribution in [3.63, 3.8) is 0 Å². The van der Waals surface area contributed by atoms with Gasteiger partial charge in [0.05, 0.1) is 6.61 Å². The van der Waals surface area contributed by atoms with Gasteiger partial charge >= 0.3 is 0 Å². The maximum absolute atomic E-state index is 5.15. The van der Waals surface area contributed by atoms with Crippen molar-refractivity contribution in [2.75, 3.05) is 13.3 Å². The molecule has 2 aliphatic heterocycles. The van der Waals surface area contributed by atoms with Crippen LogP contribution in [0.2, 0.25) is 0 Å². The molecule has 1 N–H and O–H groups in total. The van der Waals surface area contributed by atoms with Gasteiger partial charge in [-0.1, -0.05) is 0 Å². The lowest BCUT2D eigenvalue weighted by Gasteiger charge is -1.99. The van der Waals surface area contributed by atoms with Crippen LogP contribution in [0.15, 0.2) is 11.8 Å². The lowest BCUT2D eigenvalue weighted by molar-refractivity contribution is 0.107. The first kappa shape index (κ1) is 4.35. The number of ether oxygens (including phenoxy) is 2. The molecule has 3 nitrogen and oxygen atoms in total. The van der Waals surface area contributed by atoms with E-state index in [0.717, 1.165) is 5.76 Å². The Morgan fingerprint density at radius 2 is 2.75 bits per heavy atom. The van der Waals surface area contributed by atoms with Crippen LogP contribution < -0.4 is 5.32 Å². The molecule has 1 saturated heterocycles. The van der Waals surface area contributed by atoms with Crippen LogP contribution in [0.5, 0.6) is 0 Å². The van der Waals surface area contributed by atoms with Crippen LogP contribution in [0.1, 0.15) is 0 Å². The maximum Gasteiger partial charge on any atom is 0.169 e. The minimum Gasteiger partial charge on any atom is -0.479 e. The van der Waals surface area contributed by atoms with E-state index < -0.39 is 0 Å². The van der Waals surface area contributed by atoms with E-state index in [1.807, 2.05) is 6.08 Å². The fraction of sp³-hybridized carbons (Fsp3) is 0.600. The van der Waals surface area contributed by atoms with E-state index in [-0.39, 0.29) is 6.23 Å². The van der Waals surface area contributed by atoms with Crippen molar-refractivity contribution in [2.24, 2.45) is 0 Å². The highest BCUT2D eigenvalue weighted by Crippen LogP contribution is 2.16. The van der Waals surface area contributed by atoms with Gasteiger partial charge in [-0.25, -0.2) is 0 Å². The molecule has 0 aromatic heterocycles. The second kappa shape index (κ2) is 1.47. The molecule has 0 radical (unpaired) electrons. The van der Waals surface area contributed by atoms with Gasteiger partial charge in [-0.2, -0.15) is 0 Å². The summed E-state index contributed by atoms with van der Waals surface area (Å²) in [4.78, 5) is 0. The van der Waals surface area contributed by atoms with Gasteiger partial charge in [-0.15, -0.1) is 0 Å². The average Bonchev–Trinajstić information content (AvgIpc) is 2.15. The molecule has 0 spiro atoms. The van der Waals surface area contributed by atoms with E-state index >= 15 is 0 Å².